The van der Waals surface area contributed by atoms with Crippen molar-refractivity contribution in [3.8, 4) is 5.75 Å². The fourth-order valence-electron chi connectivity index (χ4n) is 1.47. The van der Waals surface area contributed by atoms with E-state index in [1.165, 1.54) is 0 Å². The van der Waals surface area contributed by atoms with Crippen LogP contribution in [0.3, 0.4) is 0 Å². The van der Waals surface area contributed by atoms with Gasteiger partial charge in [-0.25, -0.2) is 8.78 Å². The van der Waals surface area contributed by atoms with Crippen LogP contribution < -0.4 is 10.5 Å². The third-order valence-corrected chi connectivity index (χ3v) is 2.56. The molecule has 0 aliphatic rings. The van der Waals surface area contributed by atoms with Gasteiger partial charge in [-0.05, 0) is 12.1 Å². The molecule has 20 heavy (non-hydrogen) atoms. The van der Waals surface area contributed by atoms with E-state index < -0.39 is 36.1 Å². The molecule has 1 aromatic carbocycles. The maximum Gasteiger partial charge on any atom is 0.416 e. The minimum absolute atomic E-state index is 0. The van der Waals surface area contributed by atoms with Gasteiger partial charge in [0.2, 0.25) is 0 Å². The molecule has 1 rings (SSSR count). The summed E-state index contributed by atoms with van der Waals surface area (Å²) in [5, 5.41) is 8.52. The Morgan fingerprint density at radius 3 is 2.20 bits per heavy atom. The van der Waals surface area contributed by atoms with Gasteiger partial charge in [-0.2, -0.15) is 13.2 Å². The monoisotopic (exact) mass is 321 g/mol. The summed E-state index contributed by atoms with van der Waals surface area (Å²) in [4.78, 5) is 0. The van der Waals surface area contributed by atoms with Gasteiger partial charge in [0.25, 0.3) is 5.92 Å². The van der Waals surface area contributed by atoms with Crippen molar-refractivity contribution in [3.63, 3.8) is 0 Å². The molecule has 0 fully saturated rings. The first-order valence-corrected chi connectivity index (χ1v) is 5.13. The minimum atomic E-state index is -4.62. The lowest BCUT2D eigenvalue weighted by Gasteiger charge is -2.23. The fraction of sp³-hybridized carbons (Fsp3) is 0.455. The van der Waals surface area contributed by atoms with Gasteiger partial charge in [-0.1, -0.05) is 6.07 Å². The van der Waals surface area contributed by atoms with Crippen molar-refractivity contribution in [3.05, 3.63) is 29.3 Å². The number of hydrogen-bond donors (Lipinski definition) is 2. The molecule has 3 N–H and O–H groups in total. The number of halogens is 6. The molecule has 3 nitrogen and oxygen atoms in total. The summed E-state index contributed by atoms with van der Waals surface area (Å²) in [7, 11) is 1.04. The average Bonchev–Trinajstić information content (AvgIpc) is 2.35. The summed E-state index contributed by atoms with van der Waals surface area (Å²) < 4.78 is 68.5. The molecular formula is C11H13ClF5NO2. The van der Waals surface area contributed by atoms with Crippen LogP contribution in [-0.2, 0) is 6.18 Å². The van der Waals surface area contributed by atoms with Crippen LogP contribution >= 0.6 is 12.4 Å². The predicted molar refractivity (Wildman–Crippen MR) is 64.2 cm³/mol. The van der Waals surface area contributed by atoms with Crippen molar-refractivity contribution in [2.24, 2.45) is 5.73 Å². The molecule has 0 saturated heterocycles. The van der Waals surface area contributed by atoms with E-state index >= 15 is 0 Å². The van der Waals surface area contributed by atoms with E-state index in [4.69, 9.17) is 10.8 Å². The number of alkyl halides is 5. The summed E-state index contributed by atoms with van der Waals surface area (Å²) >= 11 is 0. The molecule has 9 heteroatoms. The molecule has 0 heterocycles. The fourth-order valence-corrected chi connectivity index (χ4v) is 1.47. The van der Waals surface area contributed by atoms with Gasteiger partial charge in [-0.15, -0.1) is 12.4 Å². The van der Waals surface area contributed by atoms with E-state index in [2.05, 4.69) is 4.74 Å². The molecule has 0 aliphatic carbocycles. The van der Waals surface area contributed by atoms with Crippen molar-refractivity contribution >= 4 is 12.4 Å². The third-order valence-electron chi connectivity index (χ3n) is 2.56. The van der Waals surface area contributed by atoms with Gasteiger partial charge in [0.1, 0.15) is 18.4 Å². The van der Waals surface area contributed by atoms with E-state index in [1.807, 2.05) is 0 Å². The number of methoxy groups -OCH3 is 1. The molecule has 1 atom stereocenters. The molecule has 1 aromatic rings. The quantitative estimate of drug-likeness (QED) is 0.838. The zero-order chi connectivity index (χ0) is 14.8. The van der Waals surface area contributed by atoms with Crippen molar-refractivity contribution in [1.82, 2.24) is 0 Å². The van der Waals surface area contributed by atoms with E-state index in [1.54, 1.807) is 0 Å². The third kappa shape index (κ3) is 3.94. The molecule has 0 aromatic heterocycles. The predicted octanol–water partition coefficient (Wildman–Crippen LogP) is 2.76. The highest BCUT2D eigenvalue weighted by Crippen LogP contribution is 2.38. The SMILES string of the molecule is COc1cc(C(F)(F)F)ccc1[C@@H](N)C(F)(F)CO.Cl. The second kappa shape index (κ2) is 6.55. The first kappa shape index (κ1) is 18.9. The van der Waals surface area contributed by atoms with E-state index in [0.717, 1.165) is 13.2 Å². The Balaban J connectivity index is 0.00000361. The largest absolute Gasteiger partial charge is 0.496 e. The Bertz CT molecular complexity index is 453. The zero-order valence-corrected chi connectivity index (χ0v) is 11.1. The van der Waals surface area contributed by atoms with Gasteiger partial charge >= 0.3 is 6.18 Å². The highest BCUT2D eigenvalue weighted by molar-refractivity contribution is 5.85. The summed E-state index contributed by atoms with van der Waals surface area (Å²) in [6.07, 6.45) is -4.62. The van der Waals surface area contributed by atoms with E-state index in [9.17, 15) is 22.0 Å². The topological polar surface area (TPSA) is 55.5 Å². The van der Waals surface area contributed by atoms with Crippen LogP contribution in [0.5, 0.6) is 5.75 Å². The lowest BCUT2D eigenvalue weighted by Crippen LogP contribution is -2.36. The number of ether oxygens (including phenoxy) is 1. The Hall–Kier alpha value is -1.12. The molecule has 116 valence electrons. The van der Waals surface area contributed by atoms with Crippen molar-refractivity contribution in [2.45, 2.75) is 18.1 Å². The highest BCUT2D eigenvalue weighted by Gasteiger charge is 2.40. The van der Waals surface area contributed by atoms with Crippen LogP contribution in [0.25, 0.3) is 0 Å². The van der Waals surface area contributed by atoms with Crippen LogP contribution in [0.15, 0.2) is 18.2 Å². The maximum atomic E-state index is 13.2. The normalized spacial score (nSPS) is 13.6. The molecule has 0 amide bonds. The second-order valence-electron chi connectivity index (χ2n) is 3.85. The summed E-state index contributed by atoms with van der Waals surface area (Å²) in [5.74, 6) is -4.07. The lowest BCUT2D eigenvalue weighted by molar-refractivity contribution is -0.137. The van der Waals surface area contributed by atoms with Gasteiger partial charge in [-0.3, -0.25) is 0 Å². The molecule has 0 bridgehead atoms. The van der Waals surface area contributed by atoms with Crippen LogP contribution in [0.2, 0.25) is 0 Å². The highest BCUT2D eigenvalue weighted by atomic mass is 35.5. The summed E-state index contributed by atoms with van der Waals surface area (Å²) in [5.41, 5.74) is 3.90. The van der Waals surface area contributed by atoms with Crippen molar-refractivity contribution < 1.29 is 31.8 Å². The molecular weight excluding hydrogens is 309 g/mol. The molecule has 0 spiro atoms. The number of benzene rings is 1. The number of hydrogen-bond acceptors (Lipinski definition) is 3. The Kier molecular flexibility index (Phi) is 6.19. The smallest absolute Gasteiger partial charge is 0.416 e. The van der Waals surface area contributed by atoms with Crippen LogP contribution in [-0.4, -0.2) is 24.7 Å². The number of nitrogens with two attached hydrogens (primary N) is 1. The lowest BCUT2D eigenvalue weighted by atomic mass is 9.99. The molecule has 0 aliphatic heterocycles. The van der Waals surface area contributed by atoms with Gasteiger partial charge in [0.05, 0.1) is 12.7 Å². The first-order chi connectivity index (χ1) is 8.63. The van der Waals surface area contributed by atoms with E-state index in [0.29, 0.717) is 12.1 Å². The van der Waals surface area contributed by atoms with E-state index in [-0.39, 0.29) is 18.0 Å². The maximum absolute atomic E-state index is 13.2. The number of aliphatic hydroxyl groups is 1. The average molecular weight is 322 g/mol. The molecule has 0 unspecified atom stereocenters. The van der Waals surface area contributed by atoms with Gasteiger partial charge in [0.15, 0.2) is 0 Å². The van der Waals surface area contributed by atoms with Crippen LogP contribution in [0.4, 0.5) is 22.0 Å². The standard InChI is InChI=1S/C11H12F5NO2.ClH/c1-19-8-4-6(11(14,15)16)2-3-7(8)9(17)10(12,13)5-18;/h2-4,9,18H,5,17H2,1H3;1H/t9-;/m1./s1. The zero-order valence-electron chi connectivity index (χ0n) is 10.2. The number of rotatable bonds is 4. The molecule has 0 saturated carbocycles. The summed E-state index contributed by atoms with van der Waals surface area (Å²) in [6.45, 7) is -1.52. The van der Waals surface area contributed by atoms with Crippen molar-refractivity contribution in [1.29, 1.82) is 0 Å². The summed E-state index contributed by atoms with van der Waals surface area (Å²) in [6, 6.07) is 0.0682. The first-order valence-electron chi connectivity index (χ1n) is 5.13. The van der Waals surface area contributed by atoms with Crippen molar-refractivity contribution in [2.75, 3.05) is 13.7 Å². The number of aliphatic hydroxyl groups excluding tert-OH is 1. The Labute approximate surface area is 117 Å². The minimum Gasteiger partial charge on any atom is -0.496 e. The van der Waals surface area contributed by atoms with Gasteiger partial charge in [0, 0.05) is 5.56 Å². The Morgan fingerprint density at radius 2 is 1.80 bits per heavy atom. The van der Waals surface area contributed by atoms with Crippen LogP contribution in [0.1, 0.15) is 17.2 Å². The van der Waals surface area contributed by atoms with Crippen LogP contribution in [0, 0.1) is 0 Å². The molecule has 0 radical (unpaired) electrons. The Morgan fingerprint density at radius 1 is 1.25 bits per heavy atom. The second-order valence-corrected chi connectivity index (χ2v) is 3.85. The van der Waals surface area contributed by atoms with Gasteiger partial charge < -0.3 is 15.6 Å².